The van der Waals surface area contributed by atoms with Gasteiger partial charge in [-0.1, -0.05) is 12.1 Å². The zero-order valence-corrected chi connectivity index (χ0v) is 11.8. The molecule has 0 fully saturated rings. The van der Waals surface area contributed by atoms with Gasteiger partial charge in [0.25, 0.3) is 5.91 Å². The first-order valence-electron chi connectivity index (χ1n) is 6.31. The first-order chi connectivity index (χ1) is 10.1. The molecule has 1 aromatic heterocycles. The van der Waals surface area contributed by atoms with E-state index in [4.69, 9.17) is 4.42 Å². The van der Waals surface area contributed by atoms with Gasteiger partial charge in [0.1, 0.15) is 6.26 Å². The maximum atomic E-state index is 11.8. The van der Waals surface area contributed by atoms with Gasteiger partial charge in [-0.3, -0.25) is 4.79 Å². The number of furan rings is 1. The van der Waals surface area contributed by atoms with Crippen LogP contribution in [0.3, 0.4) is 0 Å². The topological polar surface area (TPSA) is 71.8 Å². The Balaban J connectivity index is 1.96. The van der Waals surface area contributed by atoms with Gasteiger partial charge in [0.05, 0.1) is 18.9 Å². The lowest BCUT2D eigenvalue weighted by molar-refractivity contribution is 0.102. The molecule has 0 bridgehead atoms. The molecule has 0 aliphatic heterocycles. The summed E-state index contributed by atoms with van der Waals surface area (Å²) < 4.78 is 9.48. The molecule has 0 unspecified atom stereocenters. The van der Waals surface area contributed by atoms with Gasteiger partial charge in [-0.05, 0) is 23.8 Å². The summed E-state index contributed by atoms with van der Waals surface area (Å²) in [6.45, 7) is 0.433. The minimum absolute atomic E-state index is 0.233. The lowest BCUT2D eigenvalue weighted by Gasteiger charge is -2.15. The average molecular weight is 288 g/mol. The second kappa shape index (κ2) is 6.60. The first-order valence-corrected chi connectivity index (χ1v) is 6.31. The summed E-state index contributed by atoms with van der Waals surface area (Å²) in [5, 5.41) is 2.75. The van der Waals surface area contributed by atoms with Crippen molar-refractivity contribution in [3.8, 4) is 0 Å². The Bertz CT molecular complexity index is 605. The van der Waals surface area contributed by atoms with Crippen LogP contribution in [-0.4, -0.2) is 31.1 Å². The number of anilines is 1. The number of rotatable bonds is 4. The van der Waals surface area contributed by atoms with Crippen LogP contribution in [0.15, 0.2) is 47.3 Å². The Labute approximate surface area is 122 Å². The molecule has 110 valence electrons. The molecule has 1 aromatic carbocycles. The Hall–Kier alpha value is -2.76. The second-order valence-corrected chi connectivity index (χ2v) is 4.49. The summed E-state index contributed by atoms with van der Waals surface area (Å²) in [5.41, 5.74) is 2.07. The largest absolute Gasteiger partial charge is 0.472 e. The van der Waals surface area contributed by atoms with Crippen molar-refractivity contribution in [2.75, 3.05) is 19.5 Å². The highest BCUT2D eigenvalue weighted by Crippen LogP contribution is 2.13. The van der Waals surface area contributed by atoms with Gasteiger partial charge < -0.3 is 19.4 Å². The fraction of sp³-hybridized carbons (Fsp3) is 0.200. The molecule has 6 nitrogen and oxygen atoms in total. The van der Waals surface area contributed by atoms with Crippen molar-refractivity contribution in [3.05, 3.63) is 54.0 Å². The molecule has 2 amide bonds. The van der Waals surface area contributed by atoms with Crippen LogP contribution in [0.2, 0.25) is 0 Å². The molecule has 0 saturated carbocycles. The molecule has 6 heteroatoms. The molecule has 0 saturated heterocycles. The van der Waals surface area contributed by atoms with Crippen molar-refractivity contribution < 1.29 is 18.7 Å². The predicted molar refractivity (Wildman–Crippen MR) is 77.0 cm³/mol. The van der Waals surface area contributed by atoms with Gasteiger partial charge in [0, 0.05) is 19.3 Å². The number of hydrogen-bond acceptors (Lipinski definition) is 4. The smallest absolute Gasteiger partial charge is 0.409 e. The van der Waals surface area contributed by atoms with E-state index in [1.165, 1.54) is 24.5 Å². The maximum absolute atomic E-state index is 11.8. The van der Waals surface area contributed by atoms with Crippen LogP contribution in [0.5, 0.6) is 0 Å². The molecule has 0 spiro atoms. The zero-order chi connectivity index (χ0) is 15.2. The third-order valence-electron chi connectivity index (χ3n) is 2.90. The van der Waals surface area contributed by atoms with Crippen molar-refractivity contribution in [3.63, 3.8) is 0 Å². The van der Waals surface area contributed by atoms with Crippen molar-refractivity contribution in [2.45, 2.75) is 6.54 Å². The number of benzene rings is 1. The molecular weight excluding hydrogens is 272 g/mol. The van der Waals surface area contributed by atoms with E-state index >= 15 is 0 Å². The summed E-state index contributed by atoms with van der Waals surface area (Å²) in [6.07, 6.45) is 2.43. The Morgan fingerprint density at radius 3 is 2.52 bits per heavy atom. The summed E-state index contributed by atoms with van der Waals surface area (Å²) in [7, 11) is 2.99. The predicted octanol–water partition coefficient (Wildman–Crippen LogP) is 2.73. The highest BCUT2D eigenvalue weighted by molar-refractivity contribution is 6.03. The van der Waals surface area contributed by atoms with Crippen LogP contribution in [0, 0.1) is 0 Å². The third kappa shape index (κ3) is 3.85. The molecule has 2 aromatic rings. The van der Waals surface area contributed by atoms with Gasteiger partial charge in [-0.2, -0.15) is 0 Å². The van der Waals surface area contributed by atoms with E-state index in [0.717, 1.165) is 5.56 Å². The lowest BCUT2D eigenvalue weighted by Crippen LogP contribution is -2.25. The quantitative estimate of drug-likeness (QED) is 0.939. The van der Waals surface area contributed by atoms with Crippen LogP contribution in [0.1, 0.15) is 15.9 Å². The minimum Gasteiger partial charge on any atom is -0.472 e. The Morgan fingerprint density at radius 2 is 1.95 bits per heavy atom. The highest BCUT2D eigenvalue weighted by atomic mass is 16.5. The summed E-state index contributed by atoms with van der Waals surface area (Å²) in [6, 6.07) is 8.82. The molecule has 0 atom stereocenters. The van der Waals surface area contributed by atoms with Crippen LogP contribution in [0.25, 0.3) is 0 Å². The average Bonchev–Trinajstić information content (AvgIpc) is 3.02. The van der Waals surface area contributed by atoms with Crippen molar-refractivity contribution in [1.82, 2.24) is 4.90 Å². The minimum atomic E-state index is -0.396. The fourth-order valence-electron chi connectivity index (χ4n) is 1.78. The van der Waals surface area contributed by atoms with Gasteiger partial charge in [0.15, 0.2) is 0 Å². The van der Waals surface area contributed by atoms with E-state index in [2.05, 4.69) is 10.1 Å². The highest BCUT2D eigenvalue weighted by Gasteiger charge is 2.09. The maximum Gasteiger partial charge on any atom is 0.409 e. The van der Waals surface area contributed by atoms with E-state index < -0.39 is 6.09 Å². The van der Waals surface area contributed by atoms with Crippen molar-refractivity contribution in [2.24, 2.45) is 0 Å². The van der Waals surface area contributed by atoms with E-state index in [1.54, 1.807) is 25.2 Å². The monoisotopic (exact) mass is 288 g/mol. The number of nitrogens with one attached hydrogen (secondary N) is 1. The Morgan fingerprint density at radius 1 is 1.24 bits per heavy atom. The number of hydrogen-bond donors (Lipinski definition) is 1. The van der Waals surface area contributed by atoms with Gasteiger partial charge in [-0.15, -0.1) is 0 Å². The van der Waals surface area contributed by atoms with E-state index in [-0.39, 0.29) is 5.91 Å². The van der Waals surface area contributed by atoms with Crippen LogP contribution < -0.4 is 5.32 Å². The summed E-state index contributed by atoms with van der Waals surface area (Å²) in [4.78, 5) is 24.6. The number of carbonyl (C=O) groups is 2. The zero-order valence-electron chi connectivity index (χ0n) is 11.8. The molecule has 2 rings (SSSR count). The van der Waals surface area contributed by atoms with Crippen molar-refractivity contribution in [1.29, 1.82) is 0 Å². The molecule has 1 heterocycles. The normalized spacial score (nSPS) is 10.0. The number of amides is 2. The van der Waals surface area contributed by atoms with Gasteiger partial charge >= 0.3 is 6.09 Å². The molecule has 0 aliphatic carbocycles. The number of methoxy groups -OCH3 is 1. The van der Waals surface area contributed by atoms with Crippen molar-refractivity contribution >= 4 is 17.7 Å². The van der Waals surface area contributed by atoms with Gasteiger partial charge in [-0.25, -0.2) is 4.79 Å². The fourth-order valence-corrected chi connectivity index (χ4v) is 1.78. The number of ether oxygens (including phenoxy) is 1. The molecule has 21 heavy (non-hydrogen) atoms. The number of nitrogens with zero attached hydrogens (tertiary/aromatic N) is 1. The molecule has 0 radical (unpaired) electrons. The van der Waals surface area contributed by atoms with Crippen LogP contribution in [0.4, 0.5) is 10.5 Å². The molecule has 0 aliphatic rings. The van der Waals surface area contributed by atoms with Crippen LogP contribution >= 0.6 is 0 Å². The molecular formula is C15H16N2O4. The first kappa shape index (κ1) is 14.6. The Kier molecular flexibility index (Phi) is 4.61. The SMILES string of the molecule is COC(=O)N(C)Cc1ccc(NC(=O)c2ccoc2)cc1. The van der Waals surface area contributed by atoms with Crippen LogP contribution in [-0.2, 0) is 11.3 Å². The standard InChI is InChI=1S/C15H16N2O4/c1-17(15(19)20-2)9-11-3-5-13(6-4-11)16-14(18)12-7-8-21-10-12/h3-8,10H,9H2,1-2H3,(H,16,18). The van der Waals surface area contributed by atoms with Gasteiger partial charge in [0.2, 0.25) is 0 Å². The summed E-state index contributed by atoms with van der Waals surface area (Å²) in [5.74, 6) is -0.233. The lowest BCUT2D eigenvalue weighted by atomic mass is 10.2. The van der Waals surface area contributed by atoms with E-state index in [0.29, 0.717) is 17.8 Å². The van der Waals surface area contributed by atoms with E-state index in [1.807, 2.05) is 12.1 Å². The van der Waals surface area contributed by atoms with E-state index in [9.17, 15) is 9.59 Å². The number of carbonyl (C=O) groups excluding carboxylic acids is 2. The third-order valence-corrected chi connectivity index (χ3v) is 2.90. The molecule has 1 N–H and O–H groups in total. The summed E-state index contributed by atoms with van der Waals surface area (Å²) >= 11 is 0. The second-order valence-electron chi connectivity index (χ2n) is 4.49.